The van der Waals surface area contributed by atoms with Gasteiger partial charge in [0.05, 0.1) is 6.42 Å². The van der Waals surface area contributed by atoms with Crippen LogP contribution in [-0.2, 0) is 11.2 Å². The fraction of sp³-hybridized carbons (Fsp3) is 0.0769. The highest BCUT2D eigenvalue weighted by Crippen LogP contribution is 2.28. The van der Waals surface area contributed by atoms with Gasteiger partial charge in [-0.3, -0.25) is 9.78 Å². The van der Waals surface area contributed by atoms with Crippen LogP contribution in [0.4, 0.5) is 5.69 Å². The minimum absolute atomic E-state index is 0.0712. The summed E-state index contributed by atoms with van der Waals surface area (Å²) in [5, 5.41) is 2.85. The number of hydrogen-bond donors (Lipinski definition) is 1. The van der Waals surface area contributed by atoms with Crippen LogP contribution in [0.15, 0.2) is 42.7 Å². The Morgan fingerprint density at radius 2 is 1.88 bits per heavy atom. The van der Waals surface area contributed by atoms with Gasteiger partial charge in [0.15, 0.2) is 0 Å². The van der Waals surface area contributed by atoms with Gasteiger partial charge in [0, 0.05) is 18.1 Å². The molecule has 3 rings (SSSR count). The molecule has 1 aromatic heterocycles. The predicted octanol–water partition coefficient (Wildman–Crippen LogP) is 2.24. The molecule has 16 heavy (non-hydrogen) atoms. The lowest BCUT2D eigenvalue weighted by atomic mass is 10.0. The van der Waals surface area contributed by atoms with Crippen LogP contribution in [-0.4, -0.2) is 10.9 Å². The lowest BCUT2D eigenvalue weighted by molar-refractivity contribution is -0.115. The van der Waals surface area contributed by atoms with Crippen molar-refractivity contribution < 1.29 is 4.79 Å². The van der Waals surface area contributed by atoms with Crippen LogP contribution in [0.5, 0.6) is 0 Å². The molecule has 3 heteroatoms. The molecule has 0 unspecified atom stereocenters. The maximum absolute atomic E-state index is 11.2. The summed E-state index contributed by atoms with van der Waals surface area (Å²) >= 11 is 0. The number of nitrogens with zero attached hydrogens (tertiary/aromatic N) is 1. The fourth-order valence-corrected chi connectivity index (χ4v) is 1.94. The number of carbonyl (C=O) groups is 1. The van der Waals surface area contributed by atoms with Gasteiger partial charge in [0.2, 0.25) is 5.91 Å². The van der Waals surface area contributed by atoms with E-state index in [9.17, 15) is 4.79 Å². The first-order valence-corrected chi connectivity index (χ1v) is 5.16. The minimum atomic E-state index is 0.0712. The maximum Gasteiger partial charge on any atom is 0.228 e. The molecule has 0 saturated carbocycles. The molecular weight excluding hydrogens is 200 g/mol. The van der Waals surface area contributed by atoms with Crippen molar-refractivity contribution in [2.45, 2.75) is 6.42 Å². The molecule has 0 spiro atoms. The minimum Gasteiger partial charge on any atom is -0.326 e. The van der Waals surface area contributed by atoms with Crippen LogP contribution < -0.4 is 5.32 Å². The molecule has 0 bridgehead atoms. The highest BCUT2D eigenvalue weighted by Gasteiger charge is 2.17. The Hall–Kier alpha value is -2.16. The zero-order chi connectivity index (χ0) is 11.0. The van der Waals surface area contributed by atoms with Crippen LogP contribution in [0.25, 0.3) is 11.1 Å². The van der Waals surface area contributed by atoms with Crippen LogP contribution >= 0.6 is 0 Å². The largest absolute Gasteiger partial charge is 0.326 e. The highest BCUT2D eigenvalue weighted by molar-refractivity contribution is 5.99. The van der Waals surface area contributed by atoms with Gasteiger partial charge in [-0.2, -0.15) is 0 Å². The molecule has 1 aliphatic heterocycles. The van der Waals surface area contributed by atoms with Gasteiger partial charge in [-0.1, -0.05) is 12.1 Å². The van der Waals surface area contributed by atoms with E-state index in [-0.39, 0.29) is 5.91 Å². The Labute approximate surface area is 93.1 Å². The lowest BCUT2D eigenvalue weighted by Gasteiger charge is -2.04. The smallest absolute Gasteiger partial charge is 0.228 e. The average Bonchev–Trinajstić information content (AvgIpc) is 2.69. The van der Waals surface area contributed by atoms with E-state index < -0.39 is 0 Å². The SMILES string of the molecule is O=C1Cc2ccc(-c3ccncc3)cc2N1. The Balaban J connectivity index is 2.06. The van der Waals surface area contributed by atoms with Crippen LogP contribution in [0.3, 0.4) is 0 Å². The Bertz CT molecular complexity index is 549. The first kappa shape index (κ1) is 9.09. The number of aromatic nitrogens is 1. The van der Waals surface area contributed by atoms with Gasteiger partial charge >= 0.3 is 0 Å². The first-order valence-electron chi connectivity index (χ1n) is 5.16. The summed E-state index contributed by atoms with van der Waals surface area (Å²) in [4.78, 5) is 15.2. The third kappa shape index (κ3) is 1.46. The molecule has 0 fully saturated rings. The van der Waals surface area contributed by atoms with Crippen molar-refractivity contribution in [1.29, 1.82) is 0 Å². The summed E-state index contributed by atoms with van der Waals surface area (Å²) in [6.45, 7) is 0. The summed E-state index contributed by atoms with van der Waals surface area (Å²) < 4.78 is 0. The van der Waals surface area contributed by atoms with Crippen LogP contribution in [0.1, 0.15) is 5.56 Å². The van der Waals surface area contributed by atoms with Crippen molar-refractivity contribution in [2.24, 2.45) is 0 Å². The van der Waals surface area contributed by atoms with Crippen molar-refractivity contribution in [3.63, 3.8) is 0 Å². The summed E-state index contributed by atoms with van der Waals surface area (Å²) in [5.41, 5.74) is 4.21. The van der Waals surface area contributed by atoms with Gasteiger partial charge in [-0.15, -0.1) is 0 Å². The zero-order valence-corrected chi connectivity index (χ0v) is 8.60. The Morgan fingerprint density at radius 3 is 2.69 bits per heavy atom. The van der Waals surface area contributed by atoms with Gasteiger partial charge in [-0.25, -0.2) is 0 Å². The third-order valence-electron chi connectivity index (χ3n) is 2.75. The van der Waals surface area contributed by atoms with E-state index in [4.69, 9.17) is 0 Å². The number of pyridine rings is 1. The summed E-state index contributed by atoms with van der Waals surface area (Å²) in [6.07, 6.45) is 4.02. The van der Waals surface area contributed by atoms with E-state index in [0.717, 1.165) is 22.4 Å². The topological polar surface area (TPSA) is 42.0 Å². The second-order valence-electron chi connectivity index (χ2n) is 3.83. The highest BCUT2D eigenvalue weighted by atomic mass is 16.1. The van der Waals surface area contributed by atoms with Gasteiger partial charge in [0.25, 0.3) is 0 Å². The summed E-state index contributed by atoms with van der Waals surface area (Å²) in [6, 6.07) is 9.96. The second kappa shape index (κ2) is 3.45. The Morgan fingerprint density at radius 1 is 1.06 bits per heavy atom. The van der Waals surface area contributed by atoms with Crippen LogP contribution in [0, 0.1) is 0 Å². The van der Waals surface area contributed by atoms with Gasteiger partial charge in [0.1, 0.15) is 0 Å². The monoisotopic (exact) mass is 210 g/mol. The van der Waals surface area contributed by atoms with Gasteiger partial charge < -0.3 is 5.32 Å². The molecule has 1 amide bonds. The number of anilines is 1. The molecule has 2 heterocycles. The van der Waals surface area contributed by atoms with Crippen molar-refractivity contribution in [1.82, 2.24) is 4.98 Å². The molecule has 0 saturated heterocycles. The van der Waals surface area contributed by atoms with Crippen molar-refractivity contribution in [2.75, 3.05) is 5.32 Å². The van der Waals surface area contributed by atoms with Crippen LogP contribution in [0.2, 0.25) is 0 Å². The zero-order valence-electron chi connectivity index (χ0n) is 8.60. The molecular formula is C13H10N2O. The maximum atomic E-state index is 11.2. The van der Waals surface area contributed by atoms with Crippen molar-refractivity contribution in [3.8, 4) is 11.1 Å². The molecule has 0 atom stereocenters. The predicted molar refractivity (Wildman–Crippen MR) is 62.0 cm³/mol. The van der Waals surface area contributed by atoms with E-state index in [1.54, 1.807) is 12.4 Å². The fourth-order valence-electron chi connectivity index (χ4n) is 1.94. The molecule has 78 valence electrons. The molecule has 1 aliphatic rings. The molecule has 1 N–H and O–H groups in total. The number of fused-ring (bicyclic) bond motifs is 1. The second-order valence-corrected chi connectivity index (χ2v) is 3.83. The van der Waals surface area contributed by atoms with E-state index in [1.165, 1.54) is 0 Å². The molecule has 0 radical (unpaired) electrons. The molecule has 0 aliphatic carbocycles. The first-order chi connectivity index (χ1) is 7.83. The van der Waals surface area contributed by atoms with Gasteiger partial charge in [-0.05, 0) is 34.9 Å². The normalized spacial score (nSPS) is 13.4. The number of rotatable bonds is 1. The van der Waals surface area contributed by atoms with Crippen molar-refractivity contribution in [3.05, 3.63) is 48.3 Å². The average molecular weight is 210 g/mol. The third-order valence-corrected chi connectivity index (χ3v) is 2.75. The quantitative estimate of drug-likeness (QED) is 0.784. The van der Waals surface area contributed by atoms with Crippen molar-refractivity contribution >= 4 is 11.6 Å². The number of hydrogen-bond acceptors (Lipinski definition) is 2. The summed E-state index contributed by atoms with van der Waals surface area (Å²) in [5.74, 6) is 0.0712. The molecule has 2 aromatic rings. The molecule has 1 aromatic carbocycles. The Kier molecular flexibility index (Phi) is 1.96. The standard InChI is InChI=1S/C13H10N2O/c16-13-8-11-2-1-10(7-12(11)15-13)9-3-5-14-6-4-9/h1-7H,8H2,(H,15,16). The number of nitrogens with one attached hydrogen (secondary N) is 1. The van der Waals surface area contributed by atoms with E-state index in [0.29, 0.717) is 6.42 Å². The number of carbonyl (C=O) groups excluding carboxylic acids is 1. The molecule has 3 nitrogen and oxygen atoms in total. The lowest BCUT2D eigenvalue weighted by Crippen LogP contribution is -2.03. The number of benzene rings is 1. The van der Waals surface area contributed by atoms with E-state index in [1.807, 2.05) is 30.3 Å². The van der Waals surface area contributed by atoms with E-state index in [2.05, 4.69) is 10.3 Å². The number of amides is 1. The summed E-state index contributed by atoms with van der Waals surface area (Å²) in [7, 11) is 0. The van der Waals surface area contributed by atoms with E-state index >= 15 is 0 Å².